The fourth-order valence-corrected chi connectivity index (χ4v) is 2.65. The molecular formula is C15H17F3N4OS. The molecule has 0 fully saturated rings. The van der Waals surface area contributed by atoms with Crippen LogP contribution >= 0.6 is 11.3 Å². The summed E-state index contributed by atoms with van der Waals surface area (Å²) in [6.07, 6.45) is -4.86. The summed E-state index contributed by atoms with van der Waals surface area (Å²) < 4.78 is 39.4. The minimum atomic E-state index is -4.53. The third-order valence-electron chi connectivity index (χ3n) is 3.18. The maximum Gasteiger partial charge on any atom is 0.408 e. The Kier molecular flexibility index (Phi) is 6.02. The van der Waals surface area contributed by atoms with E-state index in [4.69, 9.17) is 0 Å². The van der Waals surface area contributed by atoms with Crippen LogP contribution in [-0.4, -0.2) is 30.3 Å². The summed E-state index contributed by atoms with van der Waals surface area (Å²) in [6, 6.07) is 5.38. The Morgan fingerprint density at radius 2 is 2.00 bits per heavy atom. The molecule has 1 atom stereocenters. The number of rotatable bonds is 6. The van der Waals surface area contributed by atoms with Gasteiger partial charge in [-0.2, -0.15) is 13.2 Å². The third kappa shape index (κ3) is 5.41. The zero-order valence-electron chi connectivity index (χ0n) is 12.9. The Bertz CT molecular complexity index is 660. The van der Waals surface area contributed by atoms with Crippen molar-refractivity contribution >= 4 is 22.5 Å². The van der Waals surface area contributed by atoms with E-state index in [0.29, 0.717) is 16.4 Å². The molecule has 0 aliphatic carbocycles. The van der Waals surface area contributed by atoms with Crippen LogP contribution in [0.25, 0.3) is 0 Å². The van der Waals surface area contributed by atoms with Crippen molar-refractivity contribution in [1.29, 1.82) is 0 Å². The van der Waals surface area contributed by atoms with Crippen LogP contribution in [0, 0.1) is 0 Å². The highest BCUT2D eigenvalue weighted by molar-refractivity contribution is 7.13. The summed E-state index contributed by atoms with van der Waals surface area (Å²) in [5.74, 6) is 0. The van der Waals surface area contributed by atoms with Gasteiger partial charge in [-0.25, -0.2) is 9.78 Å². The lowest BCUT2D eigenvalue weighted by atomic mass is 10.1. The highest BCUT2D eigenvalue weighted by Crippen LogP contribution is 2.23. The number of thiazole rings is 1. The van der Waals surface area contributed by atoms with Crippen LogP contribution in [0.15, 0.2) is 35.7 Å². The van der Waals surface area contributed by atoms with E-state index in [1.165, 1.54) is 11.3 Å². The molecule has 9 heteroatoms. The van der Waals surface area contributed by atoms with Crippen LogP contribution in [0.3, 0.4) is 0 Å². The summed E-state index contributed by atoms with van der Waals surface area (Å²) >= 11 is 1.35. The lowest BCUT2D eigenvalue weighted by Crippen LogP contribution is -2.50. The molecule has 24 heavy (non-hydrogen) atoms. The molecule has 0 saturated carbocycles. The zero-order valence-corrected chi connectivity index (χ0v) is 13.7. The molecule has 2 aromatic rings. The van der Waals surface area contributed by atoms with Crippen LogP contribution in [0.4, 0.5) is 23.1 Å². The highest BCUT2D eigenvalue weighted by Gasteiger charge is 2.40. The number of hydrogen-bond donors (Lipinski definition) is 3. The lowest BCUT2D eigenvalue weighted by Gasteiger charge is -2.22. The van der Waals surface area contributed by atoms with Crippen LogP contribution in [-0.2, 0) is 13.0 Å². The van der Waals surface area contributed by atoms with Crippen molar-refractivity contribution in [2.24, 2.45) is 0 Å². The van der Waals surface area contributed by atoms with E-state index in [-0.39, 0.29) is 13.0 Å². The number of benzene rings is 1. The molecule has 0 aliphatic heterocycles. The Hall–Kier alpha value is -2.29. The number of carbonyl (C=O) groups is 1. The van der Waals surface area contributed by atoms with Gasteiger partial charge in [0.1, 0.15) is 6.04 Å². The minimum absolute atomic E-state index is 0.0555. The van der Waals surface area contributed by atoms with Crippen molar-refractivity contribution in [1.82, 2.24) is 15.6 Å². The summed E-state index contributed by atoms with van der Waals surface area (Å²) in [7, 11) is 1.71. The van der Waals surface area contributed by atoms with Crippen molar-refractivity contribution in [2.75, 3.05) is 12.4 Å². The molecule has 2 rings (SSSR count). The maximum absolute atomic E-state index is 13.1. The molecular weight excluding hydrogens is 341 g/mol. The largest absolute Gasteiger partial charge is 0.408 e. The van der Waals surface area contributed by atoms with Crippen molar-refractivity contribution in [2.45, 2.75) is 25.2 Å². The SMILES string of the molecule is CNc1nc(CNC(=O)N[C@H](Cc2ccccc2)C(F)(F)F)cs1. The Morgan fingerprint density at radius 1 is 1.29 bits per heavy atom. The van der Waals surface area contributed by atoms with Gasteiger partial charge in [-0.3, -0.25) is 0 Å². The van der Waals surface area contributed by atoms with Crippen LogP contribution in [0.2, 0.25) is 0 Å². The molecule has 130 valence electrons. The summed E-state index contributed by atoms with van der Waals surface area (Å²) in [5.41, 5.74) is 1.07. The average molecular weight is 358 g/mol. The van der Waals surface area contributed by atoms with Crippen molar-refractivity contribution in [3.63, 3.8) is 0 Å². The standard InChI is InChI=1S/C15H17F3N4OS/c1-19-14-21-11(9-24-14)8-20-13(23)22-12(15(16,17)18)7-10-5-3-2-4-6-10/h2-6,9,12H,7-8H2,1H3,(H,19,21)(H2,20,22,23)/t12-/m1/s1. The van der Waals surface area contributed by atoms with Crippen molar-refractivity contribution in [3.8, 4) is 0 Å². The quantitative estimate of drug-likeness (QED) is 0.743. The van der Waals surface area contributed by atoms with Gasteiger partial charge in [0.15, 0.2) is 5.13 Å². The topological polar surface area (TPSA) is 66.0 Å². The molecule has 3 N–H and O–H groups in total. The number of hydrogen-bond acceptors (Lipinski definition) is 4. The first-order valence-electron chi connectivity index (χ1n) is 7.15. The average Bonchev–Trinajstić information content (AvgIpc) is 3.00. The molecule has 0 bridgehead atoms. The predicted octanol–water partition coefficient (Wildman–Crippen LogP) is 3.16. The van der Waals surface area contributed by atoms with E-state index in [9.17, 15) is 18.0 Å². The van der Waals surface area contributed by atoms with Crippen molar-refractivity contribution in [3.05, 3.63) is 47.0 Å². The third-order valence-corrected chi connectivity index (χ3v) is 4.09. The van der Waals surface area contributed by atoms with Gasteiger partial charge in [0, 0.05) is 18.8 Å². The van der Waals surface area contributed by atoms with Crippen molar-refractivity contribution < 1.29 is 18.0 Å². The van der Waals surface area contributed by atoms with E-state index in [1.807, 2.05) is 5.32 Å². The number of alkyl halides is 3. The Labute approximate surface area is 141 Å². The highest BCUT2D eigenvalue weighted by atomic mass is 32.1. The number of amides is 2. The molecule has 0 unspecified atom stereocenters. The summed E-state index contributed by atoms with van der Waals surface area (Å²) in [6.45, 7) is 0.0555. The van der Waals surface area contributed by atoms with E-state index in [0.717, 1.165) is 0 Å². The number of nitrogens with one attached hydrogen (secondary N) is 3. The fourth-order valence-electron chi connectivity index (χ4n) is 1.98. The number of carbonyl (C=O) groups excluding carboxylic acids is 1. The van der Waals surface area contributed by atoms with Gasteiger partial charge in [-0.1, -0.05) is 30.3 Å². The molecule has 0 radical (unpaired) electrons. The molecule has 1 heterocycles. The number of aromatic nitrogens is 1. The van der Waals surface area contributed by atoms with Gasteiger partial charge >= 0.3 is 12.2 Å². The molecule has 0 aliphatic rings. The minimum Gasteiger partial charge on any atom is -0.365 e. The first-order valence-corrected chi connectivity index (χ1v) is 8.03. The lowest BCUT2D eigenvalue weighted by molar-refractivity contribution is -0.152. The van der Waals surface area contributed by atoms with Crippen LogP contribution in [0.1, 0.15) is 11.3 Å². The van der Waals surface area contributed by atoms with Crippen LogP contribution in [0.5, 0.6) is 0 Å². The number of urea groups is 1. The summed E-state index contributed by atoms with van der Waals surface area (Å²) in [4.78, 5) is 15.9. The number of nitrogens with zero attached hydrogens (tertiary/aromatic N) is 1. The van der Waals surface area contributed by atoms with E-state index in [2.05, 4.69) is 15.6 Å². The predicted molar refractivity (Wildman–Crippen MR) is 87.0 cm³/mol. The second-order valence-electron chi connectivity index (χ2n) is 5.00. The first kappa shape index (κ1) is 18.1. The molecule has 0 saturated heterocycles. The normalized spacial score (nSPS) is 12.5. The number of halogens is 3. The van der Waals surface area contributed by atoms with Crippen LogP contribution < -0.4 is 16.0 Å². The van der Waals surface area contributed by atoms with Gasteiger partial charge in [0.2, 0.25) is 0 Å². The summed E-state index contributed by atoms with van der Waals surface area (Å²) in [5, 5.41) is 9.61. The molecule has 5 nitrogen and oxygen atoms in total. The second kappa shape index (κ2) is 8.00. The van der Waals surface area contributed by atoms with Gasteiger partial charge < -0.3 is 16.0 Å². The molecule has 1 aromatic carbocycles. The number of anilines is 1. The van der Waals surface area contributed by atoms with E-state index >= 15 is 0 Å². The first-order chi connectivity index (χ1) is 11.4. The second-order valence-corrected chi connectivity index (χ2v) is 5.86. The smallest absolute Gasteiger partial charge is 0.365 e. The maximum atomic E-state index is 13.1. The Morgan fingerprint density at radius 3 is 2.58 bits per heavy atom. The van der Waals surface area contributed by atoms with Gasteiger partial charge in [0.25, 0.3) is 0 Å². The Balaban J connectivity index is 1.92. The monoisotopic (exact) mass is 358 g/mol. The molecule has 0 spiro atoms. The van der Waals surface area contributed by atoms with Gasteiger partial charge in [-0.15, -0.1) is 11.3 Å². The van der Waals surface area contributed by atoms with Gasteiger partial charge in [0.05, 0.1) is 12.2 Å². The van der Waals surface area contributed by atoms with Gasteiger partial charge in [-0.05, 0) is 5.56 Å². The fraction of sp³-hybridized carbons (Fsp3) is 0.333. The molecule has 1 aromatic heterocycles. The zero-order chi connectivity index (χ0) is 17.6. The molecule has 2 amide bonds. The van der Waals surface area contributed by atoms with E-state index in [1.54, 1.807) is 42.8 Å². The van der Waals surface area contributed by atoms with E-state index < -0.39 is 18.2 Å².